The normalized spacial score (nSPS) is 15.6. The molecule has 0 aromatic rings. The number of ketones is 2. The largest absolute Gasteiger partial charge is 0.300 e. The number of rotatable bonds is 30. The first-order chi connectivity index (χ1) is 21.6. The summed E-state index contributed by atoms with van der Waals surface area (Å²) in [6.07, 6.45) is 28.7. The van der Waals surface area contributed by atoms with Crippen LogP contribution < -0.4 is 0 Å². The minimum absolute atomic E-state index is 0.340. The molecule has 2 heteroatoms. The van der Waals surface area contributed by atoms with Gasteiger partial charge in [0.25, 0.3) is 0 Å². The van der Waals surface area contributed by atoms with Gasteiger partial charge in [-0.3, -0.25) is 0 Å². The molecule has 2 nitrogen and oxygen atoms in total. The van der Waals surface area contributed by atoms with E-state index in [1.165, 1.54) is 122 Å². The van der Waals surface area contributed by atoms with Crippen molar-refractivity contribution in [3.63, 3.8) is 0 Å². The highest BCUT2D eigenvalue weighted by Crippen LogP contribution is 2.24. The molecule has 6 unspecified atom stereocenters. The van der Waals surface area contributed by atoms with Crippen molar-refractivity contribution in [2.45, 2.75) is 224 Å². The van der Waals surface area contributed by atoms with Gasteiger partial charge in [-0.25, -0.2) is 0 Å². The summed E-state index contributed by atoms with van der Waals surface area (Å²) in [5.74, 6) is 7.33. The smallest absolute Gasteiger partial charge is 0.130 e. The molecule has 0 bridgehead atoms. The van der Waals surface area contributed by atoms with E-state index in [0.717, 1.165) is 60.7 Å². The highest BCUT2D eigenvalue weighted by atomic mass is 16.1. The van der Waals surface area contributed by atoms with Crippen LogP contribution >= 0.6 is 0 Å². The van der Waals surface area contributed by atoms with E-state index in [1.54, 1.807) is 13.8 Å². The fourth-order valence-corrected chi connectivity index (χ4v) is 7.02. The zero-order chi connectivity index (χ0) is 35.3. The van der Waals surface area contributed by atoms with Crippen LogP contribution in [0.4, 0.5) is 0 Å². The summed E-state index contributed by atoms with van der Waals surface area (Å²) in [7, 11) is 0. The van der Waals surface area contributed by atoms with Crippen molar-refractivity contribution in [1.29, 1.82) is 0 Å². The lowest BCUT2D eigenvalue weighted by atomic mass is 9.90. The van der Waals surface area contributed by atoms with Crippen molar-refractivity contribution in [1.82, 2.24) is 0 Å². The Hall–Kier alpha value is -0.660. The molecule has 0 amide bonds. The van der Waals surface area contributed by atoms with Gasteiger partial charge in [-0.05, 0) is 67.6 Å². The molecule has 6 atom stereocenters. The molecular formula is C44H88O2. The van der Waals surface area contributed by atoms with Crippen molar-refractivity contribution in [3.8, 4) is 0 Å². The molecule has 276 valence electrons. The monoisotopic (exact) mass is 649 g/mol. The maximum Gasteiger partial charge on any atom is 0.130 e. The fourth-order valence-electron chi connectivity index (χ4n) is 7.02. The average Bonchev–Trinajstić information content (AvgIpc) is 2.92. The third-order valence-electron chi connectivity index (χ3n) is 10.4. The van der Waals surface area contributed by atoms with E-state index in [9.17, 15) is 9.59 Å². The molecule has 0 fully saturated rings. The minimum Gasteiger partial charge on any atom is -0.300 e. The molecule has 0 aliphatic rings. The van der Waals surface area contributed by atoms with Crippen LogP contribution in [0.1, 0.15) is 224 Å². The maximum atomic E-state index is 11.1. The standard InChI is InChI=1S/C23H46O.C21H42O/c1-19(2)11-7-12-20(3)13-8-14-21(4)15-9-16-22(5)17-10-18-23(6)24;1-17(2)10-7-11-18(3)12-8-13-19(4)14-9-15-20(5)16-21(6)22/h19-22H,7-18H2,1-6H3;17-20H,7-16H2,1-6H3. The van der Waals surface area contributed by atoms with Crippen LogP contribution in [-0.4, -0.2) is 11.6 Å². The van der Waals surface area contributed by atoms with Gasteiger partial charge in [0.05, 0.1) is 0 Å². The second-order valence-corrected chi connectivity index (χ2v) is 17.5. The van der Waals surface area contributed by atoms with Gasteiger partial charge >= 0.3 is 0 Å². The Morgan fingerprint density at radius 3 is 0.804 bits per heavy atom. The number of hydrogen-bond acceptors (Lipinski definition) is 2. The number of Topliss-reactive ketones (excluding diaryl/α,β-unsaturated/α-hetero) is 2. The molecular weight excluding hydrogens is 560 g/mol. The number of carbonyl (C=O) groups excluding carboxylic acids is 2. The van der Waals surface area contributed by atoms with Crippen LogP contribution in [0.2, 0.25) is 0 Å². The fraction of sp³-hybridized carbons (Fsp3) is 0.955. The van der Waals surface area contributed by atoms with E-state index >= 15 is 0 Å². The maximum absolute atomic E-state index is 11.1. The Bertz CT molecular complexity index is 679. The van der Waals surface area contributed by atoms with Crippen molar-refractivity contribution in [3.05, 3.63) is 0 Å². The first-order valence-corrected chi connectivity index (χ1v) is 20.6. The third kappa shape index (κ3) is 37.8. The van der Waals surface area contributed by atoms with E-state index in [0.29, 0.717) is 17.5 Å². The zero-order valence-electron chi connectivity index (χ0n) is 34.0. The molecule has 0 aliphatic heterocycles. The third-order valence-corrected chi connectivity index (χ3v) is 10.4. The van der Waals surface area contributed by atoms with E-state index in [1.807, 2.05) is 0 Å². The van der Waals surface area contributed by atoms with Gasteiger partial charge in [0.15, 0.2) is 0 Å². The zero-order valence-corrected chi connectivity index (χ0v) is 34.0. The quantitative estimate of drug-likeness (QED) is 0.0776. The van der Waals surface area contributed by atoms with E-state index in [-0.39, 0.29) is 0 Å². The van der Waals surface area contributed by atoms with Crippen LogP contribution in [0.25, 0.3) is 0 Å². The van der Waals surface area contributed by atoms with Crippen molar-refractivity contribution >= 4 is 11.6 Å². The SMILES string of the molecule is CC(=O)CC(C)CCCC(C)CCCC(C)CCCC(C)C.CC(=O)CCCC(C)CCCC(C)CCCC(C)CCCC(C)C. The Morgan fingerprint density at radius 2 is 0.565 bits per heavy atom. The lowest BCUT2D eigenvalue weighted by Crippen LogP contribution is -2.03. The van der Waals surface area contributed by atoms with Gasteiger partial charge in [0.1, 0.15) is 11.6 Å². The molecule has 0 saturated carbocycles. The van der Waals surface area contributed by atoms with Crippen molar-refractivity contribution in [2.75, 3.05) is 0 Å². The Kier molecular flexibility index (Phi) is 32.6. The Balaban J connectivity index is 0. The first kappa shape index (κ1) is 47.5. The lowest BCUT2D eigenvalue weighted by molar-refractivity contribution is -0.118. The molecule has 0 spiro atoms. The van der Waals surface area contributed by atoms with Crippen LogP contribution in [0.3, 0.4) is 0 Å². The summed E-state index contributed by atoms with van der Waals surface area (Å²) >= 11 is 0. The summed E-state index contributed by atoms with van der Waals surface area (Å²) in [5, 5.41) is 0. The predicted molar refractivity (Wildman–Crippen MR) is 208 cm³/mol. The van der Waals surface area contributed by atoms with Crippen LogP contribution in [-0.2, 0) is 9.59 Å². The van der Waals surface area contributed by atoms with Gasteiger partial charge in [0.2, 0.25) is 0 Å². The molecule has 46 heavy (non-hydrogen) atoms. The minimum atomic E-state index is 0.340. The van der Waals surface area contributed by atoms with Gasteiger partial charge < -0.3 is 9.59 Å². The lowest BCUT2D eigenvalue weighted by Gasteiger charge is -2.16. The van der Waals surface area contributed by atoms with Gasteiger partial charge in [-0.15, -0.1) is 0 Å². The van der Waals surface area contributed by atoms with E-state index in [2.05, 4.69) is 69.2 Å². The topological polar surface area (TPSA) is 34.1 Å². The Labute approximate surface area is 292 Å². The molecule has 0 aromatic carbocycles. The summed E-state index contributed by atoms with van der Waals surface area (Å²) < 4.78 is 0. The van der Waals surface area contributed by atoms with E-state index in [4.69, 9.17) is 0 Å². The molecule has 0 N–H and O–H groups in total. The van der Waals surface area contributed by atoms with Crippen LogP contribution in [0.15, 0.2) is 0 Å². The Morgan fingerprint density at radius 1 is 0.326 bits per heavy atom. The molecule has 0 aliphatic carbocycles. The first-order valence-electron chi connectivity index (χ1n) is 20.6. The molecule has 0 saturated heterocycles. The summed E-state index contributed by atoms with van der Waals surface area (Å²) in [6, 6.07) is 0. The van der Waals surface area contributed by atoms with Gasteiger partial charge in [-0.2, -0.15) is 0 Å². The highest BCUT2D eigenvalue weighted by Gasteiger charge is 2.10. The van der Waals surface area contributed by atoms with Crippen molar-refractivity contribution in [2.24, 2.45) is 47.3 Å². The summed E-state index contributed by atoms with van der Waals surface area (Å²) in [6.45, 7) is 27.0. The molecule has 0 heterocycles. The second-order valence-electron chi connectivity index (χ2n) is 17.5. The summed E-state index contributed by atoms with van der Waals surface area (Å²) in [4.78, 5) is 22.0. The second kappa shape index (κ2) is 31.6. The van der Waals surface area contributed by atoms with Gasteiger partial charge in [0, 0.05) is 12.8 Å². The van der Waals surface area contributed by atoms with Crippen LogP contribution in [0.5, 0.6) is 0 Å². The number of hydrogen-bond donors (Lipinski definition) is 0. The van der Waals surface area contributed by atoms with Gasteiger partial charge in [-0.1, -0.05) is 191 Å². The molecule has 0 rings (SSSR count). The highest BCUT2D eigenvalue weighted by molar-refractivity contribution is 5.75. The number of carbonyl (C=O) groups is 2. The van der Waals surface area contributed by atoms with Crippen LogP contribution in [0, 0.1) is 47.3 Å². The predicted octanol–water partition coefficient (Wildman–Crippen LogP) is 14.9. The summed E-state index contributed by atoms with van der Waals surface area (Å²) in [5.41, 5.74) is 0. The van der Waals surface area contributed by atoms with E-state index < -0.39 is 0 Å². The molecule has 0 aromatic heterocycles. The van der Waals surface area contributed by atoms with Crippen molar-refractivity contribution < 1.29 is 9.59 Å². The molecule has 0 radical (unpaired) electrons. The average molecular weight is 649 g/mol.